The Morgan fingerprint density at radius 3 is 1.29 bits per heavy atom. The van der Waals surface area contributed by atoms with Crippen LogP contribution in [0.15, 0.2) is 36.5 Å². The first-order valence-corrected chi connectivity index (χ1v) is 25.7. The van der Waals surface area contributed by atoms with E-state index in [1.54, 1.807) is 0 Å². The fourth-order valence-corrected chi connectivity index (χ4v) is 7.84. The van der Waals surface area contributed by atoms with E-state index in [-0.39, 0.29) is 24.9 Å². The summed E-state index contributed by atoms with van der Waals surface area (Å²) in [7, 11) is 0. The van der Waals surface area contributed by atoms with E-state index >= 15 is 0 Å². The van der Waals surface area contributed by atoms with Crippen LogP contribution >= 0.6 is 0 Å². The van der Waals surface area contributed by atoms with Crippen LogP contribution in [0.5, 0.6) is 0 Å². The first-order valence-electron chi connectivity index (χ1n) is 25.7. The summed E-state index contributed by atoms with van der Waals surface area (Å²) in [5.41, 5.74) is 0. The third-order valence-corrected chi connectivity index (χ3v) is 11.8. The van der Waals surface area contributed by atoms with Gasteiger partial charge in [-0.1, -0.05) is 237 Å². The second-order valence-corrected chi connectivity index (χ2v) is 17.6. The molecule has 0 aliphatic heterocycles. The predicted octanol–water partition coefficient (Wildman–Crippen LogP) is 15.3. The van der Waals surface area contributed by atoms with E-state index in [1.807, 2.05) is 0 Å². The van der Waals surface area contributed by atoms with E-state index in [0.29, 0.717) is 19.3 Å². The van der Waals surface area contributed by atoms with Crippen LogP contribution in [-0.2, 0) is 14.3 Å². The van der Waals surface area contributed by atoms with Crippen molar-refractivity contribution < 1.29 is 24.5 Å². The first-order chi connectivity index (χ1) is 29.0. The van der Waals surface area contributed by atoms with Gasteiger partial charge in [0, 0.05) is 6.42 Å². The summed E-state index contributed by atoms with van der Waals surface area (Å²) < 4.78 is 5.93. The fourth-order valence-electron chi connectivity index (χ4n) is 7.84. The molecule has 3 unspecified atom stereocenters. The first kappa shape index (κ1) is 57.1. The Bertz CT molecular complexity index is 977. The van der Waals surface area contributed by atoms with Crippen LogP contribution < -0.4 is 5.32 Å². The van der Waals surface area contributed by atoms with Crippen LogP contribution in [0.2, 0.25) is 0 Å². The second kappa shape index (κ2) is 47.1. The molecule has 6 nitrogen and oxygen atoms in total. The van der Waals surface area contributed by atoms with Gasteiger partial charge in [-0.05, 0) is 51.4 Å². The highest BCUT2D eigenvalue weighted by Crippen LogP contribution is 2.18. The Morgan fingerprint density at radius 2 is 0.864 bits per heavy atom. The van der Waals surface area contributed by atoms with E-state index < -0.39 is 18.2 Å². The average molecular weight is 830 g/mol. The van der Waals surface area contributed by atoms with Crippen molar-refractivity contribution in [1.29, 1.82) is 0 Å². The van der Waals surface area contributed by atoms with Crippen molar-refractivity contribution in [2.75, 3.05) is 6.61 Å². The lowest BCUT2D eigenvalue weighted by molar-refractivity contribution is -0.151. The summed E-state index contributed by atoms with van der Waals surface area (Å²) in [6.45, 7) is 6.45. The van der Waals surface area contributed by atoms with Crippen LogP contribution in [0.3, 0.4) is 0 Å². The van der Waals surface area contributed by atoms with E-state index in [9.17, 15) is 19.8 Å². The smallest absolute Gasteiger partial charge is 0.306 e. The van der Waals surface area contributed by atoms with Gasteiger partial charge >= 0.3 is 5.97 Å². The molecule has 0 spiro atoms. The van der Waals surface area contributed by atoms with Crippen LogP contribution in [-0.4, -0.2) is 46.9 Å². The molecule has 3 N–H and O–H groups in total. The fraction of sp³-hybridized carbons (Fsp3) is 0.849. The maximum atomic E-state index is 13.2. The van der Waals surface area contributed by atoms with Gasteiger partial charge in [0.2, 0.25) is 5.91 Å². The minimum absolute atomic E-state index is 0.0728. The lowest BCUT2D eigenvalue weighted by Gasteiger charge is -2.24. The van der Waals surface area contributed by atoms with E-state index in [0.717, 1.165) is 70.6 Å². The summed E-state index contributed by atoms with van der Waals surface area (Å²) in [4.78, 5) is 26.1. The molecule has 0 rings (SSSR count). The summed E-state index contributed by atoms with van der Waals surface area (Å²) in [6, 6.07) is -0.701. The molecule has 0 saturated carbocycles. The van der Waals surface area contributed by atoms with Crippen LogP contribution in [0, 0.1) is 0 Å². The number of nitrogens with one attached hydrogen (secondary N) is 1. The topological polar surface area (TPSA) is 95.9 Å². The normalized spacial score (nSPS) is 13.5. The summed E-state index contributed by atoms with van der Waals surface area (Å²) in [5.74, 6) is -0.487. The minimum Gasteiger partial charge on any atom is -0.462 e. The third-order valence-electron chi connectivity index (χ3n) is 11.8. The number of unbranched alkanes of at least 4 members (excludes halogenated alkanes) is 30. The number of ether oxygens (including phenoxy) is 1. The van der Waals surface area contributed by atoms with Crippen molar-refractivity contribution >= 4 is 11.9 Å². The highest BCUT2D eigenvalue weighted by atomic mass is 16.5. The quantitative estimate of drug-likeness (QED) is 0.0323. The molecule has 0 aromatic rings. The molecule has 0 bridgehead atoms. The van der Waals surface area contributed by atoms with Gasteiger partial charge in [-0.15, -0.1) is 0 Å². The Kier molecular flexibility index (Phi) is 45.6. The zero-order valence-corrected chi connectivity index (χ0v) is 39.4. The zero-order chi connectivity index (χ0) is 43.1. The van der Waals surface area contributed by atoms with Crippen molar-refractivity contribution in [2.45, 2.75) is 283 Å². The Hall–Kier alpha value is -1.92. The molecule has 3 atom stereocenters. The van der Waals surface area contributed by atoms with Gasteiger partial charge in [-0.2, -0.15) is 0 Å². The predicted molar refractivity (Wildman–Crippen MR) is 255 cm³/mol. The van der Waals surface area contributed by atoms with Gasteiger partial charge < -0.3 is 20.3 Å². The van der Waals surface area contributed by atoms with Gasteiger partial charge in [-0.25, -0.2) is 0 Å². The lowest BCUT2D eigenvalue weighted by Crippen LogP contribution is -2.46. The highest BCUT2D eigenvalue weighted by Gasteiger charge is 2.24. The standard InChI is InChI=1S/C53H99NO5/c1-4-7-10-13-16-19-21-23-24-25-26-27-29-31-34-37-40-43-46-53(58)59-49(44-41-38-35-33-30-28-22-20-17-14-11-8-5-2)47-52(57)54-50(48-55)51(56)45-42-39-36-32-18-15-12-9-6-3/h21,23-27,49-51,55-56H,4-20,22,28-48H2,1-3H3,(H,54,57)/b23-21+,25-24+,27-26+. The van der Waals surface area contributed by atoms with E-state index in [4.69, 9.17) is 4.74 Å². The number of hydrogen-bond acceptors (Lipinski definition) is 5. The van der Waals surface area contributed by atoms with Crippen molar-refractivity contribution in [1.82, 2.24) is 5.32 Å². The summed E-state index contributed by atoms with van der Waals surface area (Å²) >= 11 is 0. The maximum Gasteiger partial charge on any atom is 0.306 e. The maximum absolute atomic E-state index is 13.2. The van der Waals surface area contributed by atoms with Crippen LogP contribution in [0.1, 0.15) is 265 Å². The molecule has 59 heavy (non-hydrogen) atoms. The number of amides is 1. The summed E-state index contributed by atoms with van der Waals surface area (Å²) in [6.07, 6.45) is 54.9. The number of hydrogen-bond donors (Lipinski definition) is 3. The van der Waals surface area contributed by atoms with Crippen LogP contribution in [0.4, 0.5) is 0 Å². The van der Waals surface area contributed by atoms with Gasteiger partial charge in [0.05, 0.1) is 25.2 Å². The summed E-state index contributed by atoms with van der Waals surface area (Å²) in [5, 5.41) is 23.7. The van der Waals surface area contributed by atoms with Gasteiger partial charge in [0.25, 0.3) is 0 Å². The van der Waals surface area contributed by atoms with E-state index in [1.165, 1.54) is 148 Å². The Morgan fingerprint density at radius 1 is 0.492 bits per heavy atom. The van der Waals surface area contributed by atoms with Crippen molar-refractivity contribution in [3.8, 4) is 0 Å². The monoisotopic (exact) mass is 830 g/mol. The minimum atomic E-state index is -0.787. The highest BCUT2D eigenvalue weighted by molar-refractivity contribution is 5.77. The average Bonchev–Trinajstić information content (AvgIpc) is 3.23. The van der Waals surface area contributed by atoms with Crippen molar-refractivity contribution in [2.24, 2.45) is 0 Å². The molecule has 1 amide bonds. The number of carbonyl (C=O) groups is 2. The Balaban J connectivity index is 4.57. The number of rotatable bonds is 46. The molecule has 346 valence electrons. The van der Waals surface area contributed by atoms with Crippen LogP contribution in [0.25, 0.3) is 0 Å². The van der Waals surface area contributed by atoms with Gasteiger partial charge in [0.15, 0.2) is 0 Å². The second-order valence-electron chi connectivity index (χ2n) is 17.6. The number of esters is 1. The van der Waals surface area contributed by atoms with E-state index in [2.05, 4.69) is 62.5 Å². The number of allylic oxidation sites excluding steroid dienone is 6. The van der Waals surface area contributed by atoms with Crippen molar-refractivity contribution in [3.63, 3.8) is 0 Å². The lowest BCUT2D eigenvalue weighted by atomic mass is 10.0. The zero-order valence-electron chi connectivity index (χ0n) is 39.4. The SMILES string of the molecule is CCCCCCC/C=C/C=C/C=C/CCCCCCCC(=O)OC(CCCCCCCCCCCCCCC)CC(=O)NC(CO)C(O)CCCCCCCCCCC. The molecule has 0 aromatic carbocycles. The molecular weight excluding hydrogens is 731 g/mol. The molecule has 0 aliphatic carbocycles. The van der Waals surface area contributed by atoms with Gasteiger partial charge in [0.1, 0.15) is 6.10 Å². The largest absolute Gasteiger partial charge is 0.462 e. The molecule has 0 aliphatic rings. The molecule has 6 heteroatoms. The molecule has 0 heterocycles. The van der Waals surface area contributed by atoms with Crippen molar-refractivity contribution in [3.05, 3.63) is 36.5 Å². The molecule has 0 radical (unpaired) electrons. The number of carbonyl (C=O) groups excluding carboxylic acids is 2. The molecular formula is C53H99NO5. The number of aliphatic hydroxyl groups excluding tert-OH is 2. The molecule has 0 fully saturated rings. The van der Waals surface area contributed by atoms with Gasteiger partial charge in [-0.3, -0.25) is 9.59 Å². The number of aliphatic hydroxyl groups is 2. The Labute approximate surface area is 366 Å². The molecule has 0 saturated heterocycles. The third kappa shape index (κ3) is 42.6. The molecule has 0 aromatic heterocycles.